The van der Waals surface area contributed by atoms with Crippen LogP contribution < -0.4 is 5.32 Å². The van der Waals surface area contributed by atoms with E-state index in [0.717, 1.165) is 51.4 Å². The van der Waals surface area contributed by atoms with Crippen molar-refractivity contribution < 1.29 is 20.1 Å². The molecule has 0 saturated carbocycles. The number of rotatable bonds is 40. The first kappa shape index (κ1) is 49.6. The predicted octanol–water partition coefficient (Wildman–Crippen LogP) is 12.8. The summed E-state index contributed by atoms with van der Waals surface area (Å²) in [5, 5.41) is 33.5. The van der Waals surface area contributed by atoms with Crippen molar-refractivity contribution in [2.45, 2.75) is 244 Å². The Hall–Kier alpha value is -1.43. The van der Waals surface area contributed by atoms with Gasteiger partial charge in [-0.1, -0.05) is 179 Å². The summed E-state index contributed by atoms with van der Waals surface area (Å²) in [5.74, 6) is -0.166. The third-order valence-electron chi connectivity index (χ3n) is 10.2. The van der Waals surface area contributed by atoms with E-state index < -0.39 is 18.2 Å². The fraction of sp³-hybridized carbons (Fsp3) is 0.848. The van der Waals surface area contributed by atoms with Gasteiger partial charge in [0, 0.05) is 6.42 Å². The fourth-order valence-electron chi connectivity index (χ4n) is 6.70. The molecular weight excluding hydrogens is 631 g/mol. The second-order valence-corrected chi connectivity index (χ2v) is 15.2. The van der Waals surface area contributed by atoms with Crippen LogP contribution in [-0.4, -0.2) is 46.1 Å². The van der Waals surface area contributed by atoms with Crippen LogP contribution in [-0.2, 0) is 4.79 Å². The molecule has 0 radical (unpaired) electrons. The molecule has 51 heavy (non-hydrogen) atoms. The maximum atomic E-state index is 12.4. The predicted molar refractivity (Wildman–Crippen MR) is 222 cm³/mol. The molecule has 1 amide bonds. The highest BCUT2D eigenvalue weighted by Crippen LogP contribution is 2.14. The minimum Gasteiger partial charge on any atom is -0.394 e. The molecule has 0 rings (SSSR count). The summed E-state index contributed by atoms with van der Waals surface area (Å²) in [6.07, 6.45) is 51.1. The lowest BCUT2D eigenvalue weighted by Crippen LogP contribution is -2.50. The van der Waals surface area contributed by atoms with Crippen molar-refractivity contribution in [1.29, 1.82) is 0 Å². The topological polar surface area (TPSA) is 89.8 Å². The van der Waals surface area contributed by atoms with Gasteiger partial charge < -0.3 is 20.6 Å². The average Bonchev–Trinajstić information content (AvgIpc) is 3.13. The maximum absolute atomic E-state index is 12.4. The average molecular weight is 718 g/mol. The van der Waals surface area contributed by atoms with Gasteiger partial charge in [-0.05, 0) is 77.0 Å². The van der Waals surface area contributed by atoms with Gasteiger partial charge in [0.15, 0.2) is 0 Å². The molecule has 0 aliphatic carbocycles. The number of aliphatic hydroxyl groups excluding tert-OH is 3. The highest BCUT2D eigenvalue weighted by atomic mass is 16.3. The van der Waals surface area contributed by atoms with E-state index in [1.54, 1.807) is 0 Å². The minimum absolute atomic E-state index is 0.166. The standard InChI is InChI=1S/C46H87NO4/c1-3-5-7-9-11-13-15-17-19-21-23-24-26-28-30-32-34-36-38-40-44(49)46(51)43(42-48)47-45(50)41-39-37-35-33-31-29-27-25-22-20-18-16-14-12-10-8-6-4-2/h24-27,32,34,43-44,46,48-49,51H,3-23,28-31,33,35-42H2,1-2H3,(H,47,50)/b26-24+,27-25-,34-32+. The second-order valence-electron chi connectivity index (χ2n) is 15.2. The van der Waals surface area contributed by atoms with Gasteiger partial charge >= 0.3 is 0 Å². The van der Waals surface area contributed by atoms with Crippen molar-refractivity contribution in [3.8, 4) is 0 Å². The molecule has 0 bridgehead atoms. The van der Waals surface area contributed by atoms with Crippen LogP contribution >= 0.6 is 0 Å². The van der Waals surface area contributed by atoms with Crippen molar-refractivity contribution in [3.05, 3.63) is 36.5 Å². The van der Waals surface area contributed by atoms with Gasteiger partial charge in [0.1, 0.15) is 6.10 Å². The molecule has 4 N–H and O–H groups in total. The SMILES string of the molecule is CCCCCCCCCCC/C=C\CCCCCCCC(=O)NC(CO)C(O)C(O)CCC/C=C/CC/C=C/CCCCCCCCCCCC. The van der Waals surface area contributed by atoms with Gasteiger partial charge in [-0.15, -0.1) is 0 Å². The number of hydrogen-bond donors (Lipinski definition) is 4. The quantitative estimate of drug-likeness (QED) is 0.0375. The Morgan fingerprint density at radius 1 is 0.471 bits per heavy atom. The van der Waals surface area contributed by atoms with Crippen molar-refractivity contribution >= 4 is 5.91 Å². The molecule has 0 aromatic rings. The zero-order valence-corrected chi connectivity index (χ0v) is 34.0. The van der Waals surface area contributed by atoms with E-state index >= 15 is 0 Å². The summed E-state index contributed by atoms with van der Waals surface area (Å²) >= 11 is 0. The van der Waals surface area contributed by atoms with Crippen molar-refractivity contribution in [2.75, 3.05) is 6.61 Å². The van der Waals surface area contributed by atoms with Crippen molar-refractivity contribution in [3.63, 3.8) is 0 Å². The minimum atomic E-state index is -1.17. The van der Waals surface area contributed by atoms with E-state index in [-0.39, 0.29) is 12.5 Å². The molecule has 0 aromatic heterocycles. The van der Waals surface area contributed by atoms with Crippen molar-refractivity contribution in [2.24, 2.45) is 0 Å². The van der Waals surface area contributed by atoms with Gasteiger partial charge in [-0.3, -0.25) is 4.79 Å². The number of aliphatic hydroxyl groups is 3. The molecule has 0 heterocycles. The first-order valence-electron chi connectivity index (χ1n) is 22.3. The summed E-state index contributed by atoms with van der Waals surface area (Å²) in [4.78, 5) is 12.4. The van der Waals surface area contributed by atoms with Crippen molar-refractivity contribution in [1.82, 2.24) is 5.32 Å². The van der Waals surface area contributed by atoms with Gasteiger partial charge in [0.05, 0.1) is 18.8 Å². The molecule has 0 spiro atoms. The van der Waals surface area contributed by atoms with Crippen LogP contribution in [0.5, 0.6) is 0 Å². The normalized spacial score (nSPS) is 13.9. The summed E-state index contributed by atoms with van der Waals surface area (Å²) in [5.41, 5.74) is 0. The molecule has 0 fully saturated rings. The molecule has 0 aliphatic heterocycles. The van der Waals surface area contributed by atoms with E-state index in [2.05, 4.69) is 55.6 Å². The van der Waals surface area contributed by atoms with Gasteiger partial charge in [-0.25, -0.2) is 0 Å². The summed E-state index contributed by atoms with van der Waals surface area (Å²) < 4.78 is 0. The number of carbonyl (C=O) groups excluding carboxylic acids is 1. The van der Waals surface area contributed by atoms with Crippen LogP contribution in [0.4, 0.5) is 0 Å². The zero-order chi connectivity index (χ0) is 37.3. The Morgan fingerprint density at radius 2 is 0.804 bits per heavy atom. The molecular formula is C46H87NO4. The molecule has 5 nitrogen and oxygen atoms in total. The molecule has 5 heteroatoms. The van der Waals surface area contributed by atoms with Crippen LogP contribution in [0.3, 0.4) is 0 Å². The van der Waals surface area contributed by atoms with E-state index in [4.69, 9.17) is 0 Å². The van der Waals surface area contributed by atoms with E-state index in [1.165, 1.54) is 148 Å². The second kappa shape index (κ2) is 41.3. The van der Waals surface area contributed by atoms with E-state index in [9.17, 15) is 20.1 Å². The first-order chi connectivity index (χ1) is 25.1. The summed E-state index contributed by atoms with van der Waals surface area (Å²) in [7, 11) is 0. The molecule has 0 aromatic carbocycles. The maximum Gasteiger partial charge on any atom is 0.220 e. The smallest absolute Gasteiger partial charge is 0.220 e. The Morgan fingerprint density at radius 3 is 1.20 bits per heavy atom. The summed E-state index contributed by atoms with van der Waals surface area (Å²) in [6.45, 7) is 4.16. The van der Waals surface area contributed by atoms with Crippen LogP contribution in [0.1, 0.15) is 226 Å². The Labute approximate surface area is 317 Å². The first-order valence-corrected chi connectivity index (χ1v) is 22.3. The Kier molecular flexibility index (Phi) is 40.2. The zero-order valence-electron chi connectivity index (χ0n) is 34.0. The van der Waals surface area contributed by atoms with Crippen LogP contribution in [0.15, 0.2) is 36.5 Å². The Balaban J connectivity index is 3.71. The molecule has 300 valence electrons. The van der Waals surface area contributed by atoms with Gasteiger partial charge in [0.2, 0.25) is 5.91 Å². The third-order valence-corrected chi connectivity index (χ3v) is 10.2. The number of unbranched alkanes of at least 4 members (excludes halogenated alkanes) is 26. The third kappa shape index (κ3) is 36.7. The highest BCUT2D eigenvalue weighted by molar-refractivity contribution is 5.76. The number of carbonyl (C=O) groups is 1. The van der Waals surface area contributed by atoms with Gasteiger partial charge in [-0.2, -0.15) is 0 Å². The number of allylic oxidation sites excluding steroid dienone is 6. The number of nitrogens with one attached hydrogen (secondary N) is 1. The lowest BCUT2D eigenvalue weighted by Gasteiger charge is -2.26. The van der Waals surface area contributed by atoms with E-state index in [1.807, 2.05) is 0 Å². The summed E-state index contributed by atoms with van der Waals surface area (Å²) in [6, 6.07) is -0.836. The number of amides is 1. The molecule has 0 saturated heterocycles. The fourth-order valence-corrected chi connectivity index (χ4v) is 6.70. The molecule has 3 atom stereocenters. The van der Waals surface area contributed by atoms with Gasteiger partial charge in [0.25, 0.3) is 0 Å². The lowest BCUT2D eigenvalue weighted by atomic mass is 10.0. The van der Waals surface area contributed by atoms with Crippen LogP contribution in [0.25, 0.3) is 0 Å². The monoisotopic (exact) mass is 718 g/mol. The van der Waals surface area contributed by atoms with E-state index in [0.29, 0.717) is 12.8 Å². The van der Waals surface area contributed by atoms with Crippen LogP contribution in [0, 0.1) is 0 Å². The highest BCUT2D eigenvalue weighted by Gasteiger charge is 2.26. The van der Waals surface area contributed by atoms with Crippen LogP contribution in [0.2, 0.25) is 0 Å². The number of hydrogen-bond acceptors (Lipinski definition) is 4. The molecule has 0 aliphatic rings. The largest absolute Gasteiger partial charge is 0.394 e. The molecule has 3 unspecified atom stereocenters. The Bertz CT molecular complexity index is 794. The lowest BCUT2D eigenvalue weighted by molar-refractivity contribution is -0.124.